The molecule has 1 aliphatic carbocycles. The molecule has 0 aromatic rings. The molecule has 0 N–H and O–H groups in total. The van der Waals surface area contributed by atoms with Gasteiger partial charge in [-0.1, -0.05) is 0 Å². The molecule has 1 aliphatic heterocycles. The summed E-state index contributed by atoms with van der Waals surface area (Å²) in [5, 5.41) is 0. The first-order chi connectivity index (χ1) is 10.7. The Hall–Kier alpha value is 0.239. The molecule has 2 rings (SSSR count). The summed E-state index contributed by atoms with van der Waals surface area (Å²) in [5.74, 6) is 0.709. The van der Waals surface area contributed by atoms with E-state index >= 15 is 0 Å². The summed E-state index contributed by atoms with van der Waals surface area (Å²) >= 11 is -2.17. The van der Waals surface area contributed by atoms with Crippen molar-refractivity contribution < 1.29 is 4.74 Å². The zero-order valence-corrected chi connectivity index (χ0v) is 17.9. The van der Waals surface area contributed by atoms with Gasteiger partial charge in [0, 0.05) is 0 Å². The molecule has 0 spiro atoms. The second-order valence-corrected chi connectivity index (χ2v) is 19.3. The summed E-state index contributed by atoms with van der Waals surface area (Å²) in [7, 11) is 1.92. The normalized spacial score (nSPS) is 23.8. The van der Waals surface area contributed by atoms with Gasteiger partial charge in [0.15, 0.2) is 0 Å². The fraction of sp³-hybridized carbons (Fsp3) is 0.800. The number of methoxy groups -OCH3 is 1. The van der Waals surface area contributed by atoms with Crippen LogP contribution in [-0.2, 0) is 4.74 Å². The Morgan fingerprint density at radius 1 is 0.955 bits per heavy atom. The predicted molar refractivity (Wildman–Crippen MR) is 99.8 cm³/mol. The van der Waals surface area contributed by atoms with Gasteiger partial charge in [0.25, 0.3) is 0 Å². The minimum atomic E-state index is -2.17. The van der Waals surface area contributed by atoms with Crippen molar-refractivity contribution in [3.63, 3.8) is 0 Å². The third-order valence-corrected chi connectivity index (χ3v) is 18.0. The fourth-order valence-corrected chi connectivity index (χ4v) is 16.4. The third kappa shape index (κ3) is 4.40. The van der Waals surface area contributed by atoms with E-state index in [1.165, 1.54) is 66.7 Å². The summed E-state index contributed by atoms with van der Waals surface area (Å²) in [6.07, 6.45) is 17.4. The van der Waals surface area contributed by atoms with Gasteiger partial charge in [0.1, 0.15) is 0 Å². The fourth-order valence-electron chi connectivity index (χ4n) is 4.30. The second-order valence-electron chi connectivity index (χ2n) is 7.50. The monoisotopic (exact) mass is 412 g/mol. The van der Waals surface area contributed by atoms with Gasteiger partial charge in [-0.25, -0.2) is 0 Å². The van der Waals surface area contributed by atoms with Crippen molar-refractivity contribution in [3.05, 3.63) is 20.3 Å². The van der Waals surface area contributed by atoms with Crippen LogP contribution < -0.4 is 0 Å². The molecule has 0 bridgehead atoms. The molecule has 0 radical (unpaired) electrons. The van der Waals surface area contributed by atoms with Crippen molar-refractivity contribution in [2.24, 2.45) is 5.92 Å². The quantitative estimate of drug-likeness (QED) is 0.432. The van der Waals surface area contributed by atoms with Crippen LogP contribution >= 0.6 is 0 Å². The van der Waals surface area contributed by atoms with Gasteiger partial charge in [-0.3, -0.25) is 0 Å². The van der Waals surface area contributed by atoms with Crippen LogP contribution in [0.25, 0.3) is 0 Å². The maximum atomic E-state index is 6.08. The molecule has 0 aromatic heterocycles. The number of hydrogen-bond acceptors (Lipinski definition) is 1. The molecule has 1 fully saturated rings. The molecule has 0 unspecified atom stereocenters. The van der Waals surface area contributed by atoms with Gasteiger partial charge < -0.3 is 0 Å². The van der Waals surface area contributed by atoms with Crippen LogP contribution in [0, 0.1) is 5.92 Å². The van der Waals surface area contributed by atoms with E-state index in [0.29, 0.717) is 5.92 Å². The molecule has 1 heterocycles. The Bertz CT molecular complexity index is 355. The summed E-state index contributed by atoms with van der Waals surface area (Å²) < 4.78 is 14.5. The van der Waals surface area contributed by atoms with Gasteiger partial charge in [0.2, 0.25) is 0 Å². The van der Waals surface area contributed by atoms with E-state index in [9.17, 15) is 0 Å². The Labute approximate surface area is 142 Å². The van der Waals surface area contributed by atoms with Gasteiger partial charge in [-0.05, 0) is 0 Å². The van der Waals surface area contributed by atoms with Crippen LogP contribution in [0.3, 0.4) is 0 Å². The third-order valence-electron chi connectivity index (χ3n) is 5.94. The van der Waals surface area contributed by atoms with E-state index in [4.69, 9.17) is 4.74 Å². The Morgan fingerprint density at radius 2 is 1.50 bits per heavy atom. The second kappa shape index (κ2) is 8.91. The number of hydrogen-bond donors (Lipinski definition) is 0. The molecule has 0 saturated heterocycles. The molecule has 0 atom stereocenters. The molecule has 1 saturated carbocycles. The van der Waals surface area contributed by atoms with Crippen molar-refractivity contribution in [3.8, 4) is 0 Å². The molecular formula is C20H36OSn. The number of unbranched alkanes of at least 4 members (excludes halogenated alkanes) is 2. The molecule has 1 nitrogen and oxygen atoms in total. The first-order valence-corrected chi connectivity index (χ1v) is 17.0. The molecule has 126 valence electrons. The van der Waals surface area contributed by atoms with Gasteiger partial charge in [-0.2, -0.15) is 0 Å². The standard InChI is InChI=1S/C12H18O.2C4H9.Sn/c1-4-12(5-2,13-3)11-9-7-6-8-10-11;2*1-3-4-2;/h1-2,4-5,11H,6-10H2,3H3;2*1,3-4H2,2H3;. The summed E-state index contributed by atoms with van der Waals surface area (Å²) in [6, 6.07) is 0. The first kappa shape index (κ1) is 18.6. The Kier molecular flexibility index (Phi) is 7.53. The molecule has 22 heavy (non-hydrogen) atoms. The Balaban J connectivity index is 2.13. The van der Waals surface area contributed by atoms with E-state index < -0.39 is 18.4 Å². The van der Waals surface area contributed by atoms with E-state index in [-0.39, 0.29) is 5.60 Å². The zero-order chi connectivity index (χ0) is 15.9. The van der Waals surface area contributed by atoms with Crippen molar-refractivity contribution in [1.82, 2.24) is 0 Å². The first-order valence-electron chi connectivity index (χ1n) is 9.66. The van der Waals surface area contributed by atoms with E-state index in [1.54, 1.807) is 0 Å². The van der Waals surface area contributed by atoms with Crippen molar-refractivity contribution in [2.75, 3.05) is 7.11 Å². The molecule has 0 amide bonds. The van der Waals surface area contributed by atoms with Crippen molar-refractivity contribution >= 4 is 18.4 Å². The van der Waals surface area contributed by atoms with Crippen LogP contribution in [0.5, 0.6) is 0 Å². The van der Waals surface area contributed by atoms with Crippen molar-refractivity contribution in [2.45, 2.75) is 86.1 Å². The van der Waals surface area contributed by atoms with E-state index in [2.05, 4.69) is 34.2 Å². The van der Waals surface area contributed by atoms with Crippen LogP contribution in [-0.4, -0.2) is 31.1 Å². The van der Waals surface area contributed by atoms with Gasteiger partial charge in [0.05, 0.1) is 0 Å². The van der Waals surface area contributed by atoms with E-state index in [1.807, 2.05) is 7.11 Å². The minimum absolute atomic E-state index is 0.0702. The predicted octanol–water partition coefficient (Wildman–Crippen LogP) is 6.21. The van der Waals surface area contributed by atoms with Crippen molar-refractivity contribution in [1.29, 1.82) is 0 Å². The molecule has 0 aromatic carbocycles. The summed E-state index contributed by atoms with van der Waals surface area (Å²) in [4.78, 5) is 0. The Morgan fingerprint density at radius 3 is 1.95 bits per heavy atom. The summed E-state index contributed by atoms with van der Waals surface area (Å²) in [6.45, 7) is 4.66. The molecular weight excluding hydrogens is 375 g/mol. The van der Waals surface area contributed by atoms with Crippen LogP contribution in [0.15, 0.2) is 20.3 Å². The topological polar surface area (TPSA) is 9.23 Å². The van der Waals surface area contributed by atoms with Gasteiger partial charge >= 0.3 is 143 Å². The van der Waals surface area contributed by atoms with Gasteiger partial charge in [-0.15, -0.1) is 0 Å². The van der Waals surface area contributed by atoms with E-state index in [0.717, 1.165) is 0 Å². The SMILES string of the molecule is CCC[CH2][Sn]1([CH2]CCC)[CH]=CC(OC)(C2CCCCC2)C=[CH]1. The number of rotatable bonds is 8. The van der Waals surface area contributed by atoms with Crippen LogP contribution in [0.1, 0.15) is 71.6 Å². The molecule has 2 aliphatic rings. The number of ether oxygens (including phenoxy) is 1. The summed E-state index contributed by atoms with van der Waals surface area (Å²) in [5.41, 5.74) is -0.0702. The average Bonchev–Trinajstić information content (AvgIpc) is 2.60. The maximum absolute atomic E-state index is 6.08. The van der Waals surface area contributed by atoms with Crippen LogP contribution in [0.2, 0.25) is 8.87 Å². The average molecular weight is 411 g/mol. The zero-order valence-electron chi connectivity index (χ0n) is 15.1. The van der Waals surface area contributed by atoms with Crippen LogP contribution in [0.4, 0.5) is 0 Å². The molecule has 2 heteroatoms.